The molecule has 0 fully saturated rings. The Morgan fingerprint density at radius 3 is 2.04 bits per heavy atom. The summed E-state index contributed by atoms with van der Waals surface area (Å²) < 4.78 is 31.1. The van der Waals surface area contributed by atoms with Crippen LogP contribution >= 0.6 is 35.6 Å². The summed E-state index contributed by atoms with van der Waals surface area (Å²) in [5.74, 6) is -0.774. The molecule has 2 aromatic carbocycles. The number of amides is 1. The summed E-state index contributed by atoms with van der Waals surface area (Å²) in [6.45, 7) is 5.35. The minimum Gasteiger partial charge on any atom is -0.444 e. The highest BCUT2D eigenvalue weighted by atomic mass is 35.5. The van der Waals surface area contributed by atoms with Crippen LogP contribution in [-0.2, 0) is 11.3 Å². The molecule has 2 aromatic rings. The van der Waals surface area contributed by atoms with Gasteiger partial charge in [0.1, 0.15) is 17.2 Å². The number of nitrogens with one attached hydrogen (secondary N) is 2. The topological polar surface area (TPSA) is 50.4 Å². The first kappa shape index (κ1) is 26.2. The number of ether oxygens (including phenoxy) is 1. The molecule has 0 heterocycles. The van der Waals surface area contributed by atoms with Crippen LogP contribution in [0.3, 0.4) is 0 Å². The molecule has 156 valence electrons. The van der Waals surface area contributed by atoms with Gasteiger partial charge in [0.25, 0.3) is 0 Å². The normalized spacial score (nSPS) is 10.1. The smallest absolute Gasteiger partial charge is 0.407 e. The number of benzene rings is 2. The maximum Gasteiger partial charge on any atom is 0.407 e. The average Bonchev–Trinajstić information content (AvgIpc) is 2.53. The predicted octanol–water partition coefficient (Wildman–Crippen LogP) is 6.45. The van der Waals surface area contributed by atoms with Crippen molar-refractivity contribution < 1.29 is 18.3 Å². The summed E-state index contributed by atoms with van der Waals surface area (Å²) in [7, 11) is 1.66. The summed E-state index contributed by atoms with van der Waals surface area (Å²) in [6, 6.07) is 8.79. The number of anilines is 1. The third kappa shape index (κ3) is 9.97. The third-order valence-corrected chi connectivity index (χ3v) is 3.51. The first-order chi connectivity index (χ1) is 12.5. The van der Waals surface area contributed by atoms with Gasteiger partial charge in [-0.25, -0.2) is 13.6 Å². The van der Waals surface area contributed by atoms with Gasteiger partial charge in [-0.05, 0) is 51.1 Å². The van der Waals surface area contributed by atoms with E-state index in [-0.39, 0.29) is 24.8 Å². The Labute approximate surface area is 180 Å². The van der Waals surface area contributed by atoms with Crippen molar-refractivity contribution in [3.63, 3.8) is 0 Å². The summed E-state index contributed by atoms with van der Waals surface area (Å²) >= 11 is 11.1. The molecule has 1 amide bonds. The number of carbonyl (C=O) groups excluding carboxylic acids is 1. The molecule has 0 radical (unpaired) electrons. The molecule has 9 heteroatoms. The molecule has 0 saturated heterocycles. The van der Waals surface area contributed by atoms with E-state index in [0.717, 1.165) is 0 Å². The second-order valence-corrected chi connectivity index (χ2v) is 7.34. The molecular formula is C19H23Cl3F2N2O2. The zero-order valence-corrected chi connectivity index (χ0v) is 18.2. The van der Waals surface area contributed by atoms with E-state index in [4.69, 9.17) is 27.9 Å². The molecule has 0 aliphatic heterocycles. The van der Waals surface area contributed by atoms with Crippen molar-refractivity contribution in [1.29, 1.82) is 0 Å². The van der Waals surface area contributed by atoms with Crippen LogP contribution in [0.4, 0.5) is 19.3 Å². The van der Waals surface area contributed by atoms with Crippen LogP contribution in [0.5, 0.6) is 0 Å². The van der Waals surface area contributed by atoms with Crippen LogP contribution in [-0.4, -0.2) is 18.7 Å². The summed E-state index contributed by atoms with van der Waals surface area (Å²) in [4.78, 5) is 11.3. The lowest BCUT2D eigenvalue weighted by atomic mass is 10.2. The van der Waals surface area contributed by atoms with E-state index < -0.39 is 17.5 Å². The van der Waals surface area contributed by atoms with Crippen LogP contribution in [0.15, 0.2) is 36.4 Å². The highest BCUT2D eigenvalue weighted by molar-refractivity contribution is 6.30. The van der Waals surface area contributed by atoms with Gasteiger partial charge in [-0.15, -0.1) is 12.4 Å². The fourth-order valence-electron chi connectivity index (χ4n) is 1.84. The molecule has 0 aliphatic rings. The van der Waals surface area contributed by atoms with Gasteiger partial charge >= 0.3 is 6.09 Å². The second kappa shape index (κ2) is 11.9. The van der Waals surface area contributed by atoms with E-state index in [1.807, 2.05) is 0 Å². The summed E-state index contributed by atoms with van der Waals surface area (Å²) in [5, 5.41) is 5.90. The Morgan fingerprint density at radius 2 is 1.57 bits per heavy atom. The van der Waals surface area contributed by atoms with Gasteiger partial charge in [0.05, 0.1) is 5.69 Å². The van der Waals surface area contributed by atoms with Crippen LogP contribution in [0.25, 0.3) is 0 Å². The fourth-order valence-corrected chi connectivity index (χ4v) is 2.16. The average molecular weight is 456 g/mol. The Bertz CT molecular complexity index is 784. The monoisotopic (exact) mass is 454 g/mol. The molecule has 0 atom stereocenters. The van der Waals surface area contributed by atoms with Crippen molar-refractivity contribution in [2.75, 3.05) is 12.4 Å². The number of alkyl carbamates (subject to hydrolysis) is 1. The van der Waals surface area contributed by atoms with Gasteiger partial charge in [0.2, 0.25) is 0 Å². The SMILES string of the molecule is CC(C)(C)OC(=O)NCc1ccc(Cl)cc1F.CNc1ccc(Cl)cc1F.Cl. The van der Waals surface area contributed by atoms with E-state index in [2.05, 4.69) is 10.6 Å². The van der Waals surface area contributed by atoms with Crippen LogP contribution in [0, 0.1) is 11.6 Å². The quantitative estimate of drug-likeness (QED) is 0.559. The first-order valence-corrected chi connectivity index (χ1v) is 8.81. The van der Waals surface area contributed by atoms with Crippen molar-refractivity contribution in [1.82, 2.24) is 5.32 Å². The maximum atomic E-state index is 13.4. The predicted molar refractivity (Wildman–Crippen MR) is 113 cm³/mol. The van der Waals surface area contributed by atoms with Crippen molar-refractivity contribution >= 4 is 47.4 Å². The Kier molecular flexibility index (Phi) is 11.2. The minimum absolute atomic E-state index is 0. The molecule has 0 bridgehead atoms. The largest absolute Gasteiger partial charge is 0.444 e. The first-order valence-electron chi connectivity index (χ1n) is 8.05. The molecule has 0 spiro atoms. The summed E-state index contributed by atoms with van der Waals surface area (Å²) in [6.07, 6.45) is -0.577. The standard InChI is InChI=1S/C12H15ClFNO2.C7H7ClFN.ClH/c1-12(2,3)17-11(16)15-7-8-4-5-9(13)6-10(8)14;1-10-7-3-2-5(8)4-6(7)9;/h4-6H,7H2,1-3H3,(H,15,16);2-4,10H,1H3;1H. The van der Waals surface area contributed by atoms with Gasteiger partial charge in [-0.1, -0.05) is 29.3 Å². The Hall–Kier alpha value is -1.76. The van der Waals surface area contributed by atoms with Gasteiger partial charge in [-0.2, -0.15) is 0 Å². The molecular weight excluding hydrogens is 433 g/mol. The molecule has 28 heavy (non-hydrogen) atoms. The molecule has 0 unspecified atom stereocenters. The van der Waals surface area contributed by atoms with Gasteiger partial charge < -0.3 is 15.4 Å². The van der Waals surface area contributed by atoms with Gasteiger partial charge in [0.15, 0.2) is 0 Å². The molecule has 0 aromatic heterocycles. The number of hydrogen-bond acceptors (Lipinski definition) is 3. The molecule has 2 N–H and O–H groups in total. The number of hydrogen-bond donors (Lipinski definition) is 2. The highest BCUT2D eigenvalue weighted by Gasteiger charge is 2.16. The molecule has 0 aliphatic carbocycles. The fraction of sp³-hybridized carbons (Fsp3) is 0.316. The Morgan fingerprint density at radius 1 is 1.04 bits per heavy atom. The molecule has 4 nitrogen and oxygen atoms in total. The van der Waals surface area contributed by atoms with Gasteiger partial charge in [-0.3, -0.25) is 0 Å². The summed E-state index contributed by atoms with van der Waals surface area (Å²) in [5.41, 5.74) is 0.257. The molecule has 2 rings (SSSR count). The minimum atomic E-state index is -0.577. The van der Waals surface area contributed by atoms with Crippen molar-refractivity contribution in [3.8, 4) is 0 Å². The van der Waals surface area contributed by atoms with Crippen molar-refractivity contribution in [2.24, 2.45) is 0 Å². The Balaban J connectivity index is 0.000000567. The number of halogens is 5. The van der Waals surface area contributed by atoms with Crippen LogP contribution in [0.2, 0.25) is 10.0 Å². The van der Waals surface area contributed by atoms with Crippen molar-refractivity contribution in [3.05, 3.63) is 63.6 Å². The van der Waals surface area contributed by atoms with E-state index >= 15 is 0 Å². The maximum absolute atomic E-state index is 13.4. The number of rotatable bonds is 3. The lowest BCUT2D eigenvalue weighted by Gasteiger charge is -2.19. The second-order valence-electron chi connectivity index (χ2n) is 6.47. The zero-order valence-electron chi connectivity index (χ0n) is 15.9. The van der Waals surface area contributed by atoms with E-state index in [1.165, 1.54) is 18.2 Å². The van der Waals surface area contributed by atoms with Crippen molar-refractivity contribution in [2.45, 2.75) is 32.9 Å². The van der Waals surface area contributed by atoms with Crippen LogP contribution < -0.4 is 10.6 Å². The van der Waals surface area contributed by atoms with Crippen LogP contribution in [0.1, 0.15) is 26.3 Å². The zero-order chi connectivity index (χ0) is 20.6. The highest BCUT2D eigenvalue weighted by Crippen LogP contribution is 2.17. The van der Waals surface area contributed by atoms with Gasteiger partial charge in [0, 0.05) is 29.2 Å². The van der Waals surface area contributed by atoms with E-state index in [1.54, 1.807) is 46.0 Å². The molecule has 0 saturated carbocycles. The number of carbonyl (C=O) groups is 1. The van der Waals surface area contributed by atoms with E-state index in [0.29, 0.717) is 21.3 Å². The van der Waals surface area contributed by atoms with E-state index in [9.17, 15) is 13.6 Å². The third-order valence-electron chi connectivity index (χ3n) is 3.04. The lowest BCUT2D eigenvalue weighted by Crippen LogP contribution is -2.32. The lowest BCUT2D eigenvalue weighted by molar-refractivity contribution is 0.0523.